The van der Waals surface area contributed by atoms with Crippen LogP contribution in [-0.4, -0.2) is 20.1 Å². The summed E-state index contributed by atoms with van der Waals surface area (Å²) in [5.74, 6) is 3.49. The number of benzene rings is 13. The van der Waals surface area contributed by atoms with Gasteiger partial charge in [-0.25, -0.2) is 0 Å². The van der Waals surface area contributed by atoms with Crippen molar-refractivity contribution in [3.8, 4) is 56.4 Å². The maximum absolute atomic E-state index is 8.00. The summed E-state index contributed by atoms with van der Waals surface area (Å²) < 4.78 is 15.3. The maximum Gasteiger partial charge on any atom is 0.256 e. The SMILES string of the molecule is Cc1cc(C)c(-c2cc3c4c(c2)N(c2ccccc2)c2ccccc2B4c2cc4c(cc2N3)N(c2c(C)cc(C)cc2C)c2cc(-c3c(C)cc(C)cc3C)cc3c2B4c2cc4c(cc2O3)N(c2c(C)cc(C)cc2C)c2cc(-c3c(C)cc(C)cc3C)cc3c2B4c2ccccc2O3)c(C)c1. The molecule has 13 aromatic rings. The zero-order valence-corrected chi connectivity index (χ0v) is 60.9. The van der Waals surface area contributed by atoms with E-state index < -0.39 is 0 Å². The molecule has 1 N–H and O–H groups in total. The number of hydrogen-bond acceptors (Lipinski definition) is 6. The van der Waals surface area contributed by atoms with Crippen LogP contribution in [0.2, 0.25) is 0 Å². The normalized spacial score (nSPS) is 13.6. The molecule has 19 rings (SSSR count). The van der Waals surface area contributed by atoms with Gasteiger partial charge in [0.15, 0.2) is 0 Å². The number of fused-ring (bicyclic) bond motifs is 12. The van der Waals surface area contributed by atoms with E-state index in [2.05, 4.69) is 324 Å². The Kier molecular flexibility index (Phi) is 13.6. The van der Waals surface area contributed by atoms with E-state index in [0.29, 0.717) is 0 Å². The Balaban J connectivity index is 0.924. The molecule has 0 unspecified atom stereocenters. The first-order valence-corrected chi connectivity index (χ1v) is 36.3. The minimum Gasteiger partial charge on any atom is -0.458 e. The van der Waals surface area contributed by atoms with E-state index >= 15 is 0 Å². The van der Waals surface area contributed by atoms with Crippen molar-refractivity contribution in [2.45, 2.75) is 104 Å². The fourth-order valence-corrected chi connectivity index (χ4v) is 20.0. The van der Waals surface area contributed by atoms with Crippen LogP contribution in [0.5, 0.6) is 23.0 Å². The van der Waals surface area contributed by atoms with Crippen LogP contribution < -0.4 is 78.7 Å². The zero-order chi connectivity index (χ0) is 69.9. The lowest BCUT2D eigenvalue weighted by Gasteiger charge is -2.45. The number of aryl methyl sites for hydroxylation is 15. The summed E-state index contributed by atoms with van der Waals surface area (Å²) in [5, 5.41) is 4.31. The molecule has 0 spiro atoms. The molecule has 492 valence electrons. The Hall–Kier alpha value is -11.1. The van der Waals surface area contributed by atoms with Crippen LogP contribution in [0.3, 0.4) is 0 Å². The third-order valence-corrected chi connectivity index (χ3v) is 23.1. The van der Waals surface area contributed by atoms with E-state index in [4.69, 9.17) is 9.47 Å². The zero-order valence-electron chi connectivity index (χ0n) is 60.9. The van der Waals surface area contributed by atoms with Crippen molar-refractivity contribution >= 4 is 132 Å². The smallest absolute Gasteiger partial charge is 0.256 e. The van der Waals surface area contributed by atoms with Crippen LogP contribution in [0.4, 0.5) is 62.6 Å². The van der Waals surface area contributed by atoms with Gasteiger partial charge in [-0.3, -0.25) is 0 Å². The van der Waals surface area contributed by atoms with Gasteiger partial charge in [-0.05, 0) is 309 Å². The molecular formula is C93H79B3N4O2. The summed E-state index contributed by atoms with van der Waals surface area (Å²) in [6, 6.07) is 77.2. The number of anilines is 11. The molecule has 102 heavy (non-hydrogen) atoms. The van der Waals surface area contributed by atoms with Crippen LogP contribution in [0.15, 0.2) is 200 Å². The molecule has 6 aliphatic heterocycles. The van der Waals surface area contributed by atoms with Crippen LogP contribution >= 0.6 is 0 Å². The summed E-state index contributed by atoms with van der Waals surface area (Å²) in [6.45, 7) is 33.3. The van der Waals surface area contributed by atoms with Gasteiger partial charge in [-0.15, -0.1) is 0 Å². The highest BCUT2D eigenvalue weighted by molar-refractivity contribution is 7.04. The molecule has 13 aromatic carbocycles. The molecule has 6 heterocycles. The van der Waals surface area contributed by atoms with E-state index in [-0.39, 0.29) is 20.1 Å². The first-order valence-electron chi connectivity index (χ1n) is 36.3. The van der Waals surface area contributed by atoms with E-state index in [1.54, 1.807) is 0 Å². The van der Waals surface area contributed by atoms with E-state index in [1.165, 1.54) is 156 Å². The topological polar surface area (TPSA) is 40.2 Å². The molecule has 0 radical (unpaired) electrons. The van der Waals surface area contributed by atoms with E-state index in [1.807, 2.05) is 0 Å². The Labute approximate surface area is 601 Å². The Bertz CT molecular complexity index is 5810. The molecule has 6 aliphatic rings. The number of rotatable bonds is 6. The van der Waals surface area contributed by atoms with Crippen LogP contribution in [0.1, 0.15) is 83.5 Å². The standard InChI is InChI=1S/C93H79B3N4O2/c1-49-29-54(6)86(55(7)30-49)64-39-75-89-79(40-64)98(67-23-17-16-18-24-67)76-27-21-19-25-68(76)94(89)70-45-71-77(47-74(70)97-75)99(92-60(12)35-52(4)36-61(92)13)81-42-66(88-58(10)33-51(3)34-59(88)11)44-85-91(81)96(71)73-46-72-78(48-83(73)102-85)100(93-62(14)37-53(5)38-63(93)15)80-41-65(87-56(8)31-50(2)32-57(87)9)43-84-90(80)95(72)69-26-20-22-28-82(69)101-84/h16-48,97H,1-15H3. The van der Waals surface area contributed by atoms with Gasteiger partial charge in [-0.1, -0.05) is 155 Å². The largest absolute Gasteiger partial charge is 0.458 e. The average Bonchev–Trinajstić information content (AvgIpc) is 0.690. The summed E-state index contributed by atoms with van der Waals surface area (Å²) in [7, 11) is 0. The predicted molar refractivity (Wildman–Crippen MR) is 435 cm³/mol. The highest BCUT2D eigenvalue weighted by Gasteiger charge is 2.50. The number of hydrogen-bond donors (Lipinski definition) is 1. The number of nitrogens with one attached hydrogen (secondary N) is 1. The molecule has 0 atom stereocenters. The quantitative estimate of drug-likeness (QED) is 0.167. The molecule has 0 fully saturated rings. The van der Waals surface area contributed by atoms with Crippen molar-refractivity contribution in [1.82, 2.24) is 0 Å². The summed E-state index contributed by atoms with van der Waals surface area (Å²) >= 11 is 0. The lowest BCUT2D eigenvalue weighted by atomic mass is 9.29. The molecule has 0 saturated carbocycles. The number of nitrogens with zero attached hydrogens (tertiary/aromatic N) is 3. The lowest BCUT2D eigenvalue weighted by Crippen LogP contribution is -2.65. The highest BCUT2D eigenvalue weighted by Crippen LogP contribution is 2.52. The second kappa shape index (κ2) is 22.4. The van der Waals surface area contributed by atoms with Crippen LogP contribution in [-0.2, 0) is 0 Å². The maximum atomic E-state index is 8.00. The summed E-state index contributed by atoms with van der Waals surface area (Å²) in [4.78, 5) is 7.73. The molecular weight excluding hydrogens is 1240 g/mol. The second-order valence-electron chi connectivity index (χ2n) is 30.6. The fraction of sp³-hybridized carbons (Fsp3) is 0.161. The highest BCUT2D eigenvalue weighted by atomic mass is 16.5. The molecule has 0 saturated heterocycles. The Morgan fingerprint density at radius 2 is 0.647 bits per heavy atom. The van der Waals surface area contributed by atoms with Gasteiger partial charge in [-0.2, -0.15) is 0 Å². The lowest BCUT2D eigenvalue weighted by molar-refractivity contribution is 0.487. The number of para-hydroxylation sites is 3. The van der Waals surface area contributed by atoms with Crippen molar-refractivity contribution in [3.05, 3.63) is 284 Å². The minimum atomic E-state index is -0.279. The van der Waals surface area contributed by atoms with Crippen molar-refractivity contribution in [1.29, 1.82) is 0 Å². The van der Waals surface area contributed by atoms with Gasteiger partial charge in [0.25, 0.3) is 20.1 Å². The van der Waals surface area contributed by atoms with E-state index in [0.717, 1.165) is 96.0 Å². The van der Waals surface area contributed by atoms with Crippen molar-refractivity contribution in [2.24, 2.45) is 0 Å². The van der Waals surface area contributed by atoms with Crippen molar-refractivity contribution in [2.75, 3.05) is 20.0 Å². The van der Waals surface area contributed by atoms with Gasteiger partial charge < -0.3 is 29.5 Å². The first-order chi connectivity index (χ1) is 49.2. The first kappa shape index (κ1) is 61.9. The molecule has 9 heteroatoms. The Morgan fingerprint density at radius 1 is 0.255 bits per heavy atom. The van der Waals surface area contributed by atoms with Gasteiger partial charge in [0.05, 0.1) is 11.4 Å². The molecule has 6 nitrogen and oxygen atoms in total. The molecule has 0 aliphatic carbocycles. The third-order valence-electron chi connectivity index (χ3n) is 23.1. The second-order valence-corrected chi connectivity index (χ2v) is 30.6. The van der Waals surface area contributed by atoms with Crippen LogP contribution in [0.25, 0.3) is 33.4 Å². The molecule has 0 bridgehead atoms. The monoisotopic (exact) mass is 1320 g/mol. The summed E-state index contributed by atoms with van der Waals surface area (Å²) in [5.41, 5.74) is 49.2. The van der Waals surface area contributed by atoms with Crippen molar-refractivity contribution in [3.63, 3.8) is 0 Å². The van der Waals surface area contributed by atoms with Crippen LogP contribution in [0, 0.1) is 104 Å². The van der Waals surface area contributed by atoms with Gasteiger partial charge in [0, 0.05) is 57.3 Å². The van der Waals surface area contributed by atoms with Gasteiger partial charge in [0.1, 0.15) is 23.0 Å². The molecule has 0 aromatic heterocycles. The fourth-order valence-electron chi connectivity index (χ4n) is 20.0. The van der Waals surface area contributed by atoms with Crippen molar-refractivity contribution < 1.29 is 9.47 Å². The van der Waals surface area contributed by atoms with Gasteiger partial charge in [0.2, 0.25) is 0 Å². The Morgan fingerprint density at radius 3 is 1.16 bits per heavy atom. The third kappa shape index (κ3) is 9.08. The summed E-state index contributed by atoms with van der Waals surface area (Å²) in [6.07, 6.45) is 0. The van der Waals surface area contributed by atoms with Gasteiger partial charge >= 0.3 is 0 Å². The molecule has 0 amide bonds. The average molecular weight is 1320 g/mol. The predicted octanol–water partition coefficient (Wildman–Crippen LogP) is 18.5. The van der Waals surface area contributed by atoms with E-state index in [9.17, 15) is 0 Å². The number of ether oxygens (including phenoxy) is 2. The minimum absolute atomic E-state index is 0.127.